The second kappa shape index (κ2) is 7.98. The Hall–Kier alpha value is -1.82. The van der Waals surface area contributed by atoms with Crippen molar-refractivity contribution in [1.82, 2.24) is 5.32 Å². The number of aliphatic carboxylic acids is 1. The Labute approximate surface area is 133 Å². The van der Waals surface area contributed by atoms with E-state index < -0.39 is 23.1 Å². The van der Waals surface area contributed by atoms with Crippen molar-refractivity contribution in [2.45, 2.75) is 26.7 Å². The van der Waals surface area contributed by atoms with Crippen molar-refractivity contribution in [3.8, 4) is 5.75 Å². The summed E-state index contributed by atoms with van der Waals surface area (Å²) in [5.41, 5.74) is -0.977. The molecule has 0 radical (unpaired) electrons. The maximum absolute atomic E-state index is 13.0. The molecule has 0 bridgehead atoms. The molecule has 0 unspecified atom stereocenters. The molecule has 0 heterocycles. The number of carbonyl (C=O) groups excluding carboxylic acids is 1. The SMILES string of the molecule is CCC(CC)(CNC(=O)COc1ccc(F)c(Cl)c1)C(=O)O. The largest absolute Gasteiger partial charge is 0.484 e. The third kappa shape index (κ3) is 4.59. The van der Waals surface area contributed by atoms with Crippen molar-refractivity contribution in [2.24, 2.45) is 5.41 Å². The maximum Gasteiger partial charge on any atom is 0.311 e. The fourth-order valence-corrected chi connectivity index (χ4v) is 2.08. The summed E-state index contributed by atoms with van der Waals surface area (Å²) >= 11 is 5.60. The van der Waals surface area contributed by atoms with Crippen LogP contribution in [0.4, 0.5) is 4.39 Å². The van der Waals surface area contributed by atoms with Gasteiger partial charge in [-0.3, -0.25) is 9.59 Å². The summed E-state index contributed by atoms with van der Waals surface area (Å²) in [6, 6.07) is 3.76. The Kier molecular flexibility index (Phi) is 6.61. The molecule has 0 aromatic heterocycles. The van der Waals surface area contributed by atoms with Gasteiger partial charge in [0.1, 0.15) is 11.6 Å². The number of ether oxygens (including phenoxy) is 1. The molecule has 0 aliphatic carbocycles. The number of hydrogen-bond acceptors (Lipinski definition) is 3. The van der Waals surface area contributed by atoms with Crippen molar-refractivity contribution in [3.63, 3.8) is 0 Å². The molecule has 0 aliphatic heterocycles. The number of carboxylic acids is 1. The van der Waals surface area contributed by atoms with Crippen LogP contribution in [0.3, 0.4) is 0 Å². The predicted molar refractivity (Wildman–Crippen MR) is 80.6 cm³/mol. The molecule has 5 nitrogen and oxygen atoms in total. The van der Waals surface area contributed by atoms with Crippen LogP contribution in [0.2, 0.25) is 5.02 Å². The van der Waals surface area contributed by atoms with Gasteiger partial charge in [0.05, 0.1) is 10.4 Å². The summed E-state index contributed by atoms with van der Waals surface area (Å²) in [5, 5.41) is 11.7. The zero-order valence-corrected chi connectivity index (χ0v) is 13.2. The number of amides is 1. The summed E-state index contributed by atoms with van der Waals surface area (Å²) in [6.45, 7) is 3.26. The molecule has 0 atom stereocenters. The number of hydrogen-bond donors (Lipinski definition) is 2. The van der Waals surface area contributed by atoms with E-state index in [1.165, 1.54) is 12.1 Å². The van der Waals surface area contributed by atoms with Gasteiger partial charge in [0.2, 0.25) is 0 Å². The van der Waals surface area contributed by atoms with Crippen molar-refractivity contribution in [3.05, 3.63) is 29.0 Å². The lowest BCUT2D eigenvalue weighted by Crippen LogP contribution is -2.43. The van der Waals surface area contributed by atoms with Gasteiger partial charge in [-0.15, -0.1) is 0 Å². The van der Waals surface area contributed by atoms with E-state index in [4.69, 9.17) is 16.3 Å². The number of carbonyl (C=O) groups is 2. The molecule has 7 heteroatoms. The molecular formula is C15H19ClFNO4. The van der Waals surface area contributed by atoms with Gasteiger partial charge in [-0.25, -0.2) is 4.39 Å². The predicted octanol–water partition coefficient (Wildman–Crippen LogP) is 2.87. The first-order valence-corrected chi connectivity index (χ1v) is 7.30. The maximum atomic E-state index is 13.0. The second-order valence-corrected chi connectivity index (χ2v) is 5.34. The average Bonchev–Trinajstić information content (AvgIpc) is 2.49. The van der Waals surface area contributed by atoms with Crippen LogP contribution < -0.4 is 10.1 Å². The average molecular weight is 332 g/mol. The summed E-state index contributed by atoms with van der Waals surface area (Å²) < 4.78 is 18.2. The van der Waals surface area contributed by atoms with Crippen LogP contribution in [0.15, 0.2) is 18.2 Å². The minimum absolute atomic E-state index is 0.0295. The highest BCUT2D eigenvalue weighted by Crippen LogP contribution is 2.25. The minimum Gasteiger partial charge on any atom is -0.484 e. The molecule has 22 heavy (non-hydrogen) atoms. The Balaban J connectivity index is 2.52. The first kappa shape index (κ1) is 18.2. The number of carboxylic acid groups (broad SMARTS) is 1. The lowest BCUT2D eigenvalue weighted by molar-refractivity contribution is -0.149. The smallest absolute Gasteiger partial charge is 0.311 e. The van der Waals surface area contributed by atoms with Crippen LogP contribution in [0.5, 0.6) is 5.75 Å². The molecule has 1 aromatic rings. The quantitative estimate of drug-likeness (QED) is 0.768. The molecule has 0 saturated carbocycles. The van der Waals surface area contributed by atoms with Crippen molar-refractivity contribution in [2.75, 3.05) is 13.2 Å². The van der Waals surface area contributed by atoms with Crippen LogP contribution in [-0.4, -0.2) is 30.1 Å². The topological polar surface area (TPSA) is 75.6 Å². The van der Waals surface area contributed by atoms with Crippen LogP contribution >= 0.6 is 11.6 Å². The highest BCUT2D eigenvalue weighted by molar-refractivity contribution is 6.30. The van der Waals surface area contributed by atoms with Gasteiger partial charge in [-0.05, 0) is 25.0 Å². The van der Waals surface area contributed by atoms with E-state index in [1.807, 2.05) is 0 Å². The molecule has 1 rings (SSSR count). The fourth-order valence-electron chi connectivity index (χ4n) is 1.91. The zero-order valence-electron chi connectivity index (χ0n) is 12.5. The van der Waals surface area contributed by atoms with Gasteiger partial charge in [0.15, 0.2) is 6.61 Å². The number of rotatable bonds is 8. The molecule has 0 saturated heterocycles. The molecule has 0 spiro atoms. The monoisotopic (exact) mass is 331 g/mol. The van der Waals surface area contributed by atoms with E-state index in [-0.39, 0.29) is 23.9 Å². The van der Waals surface area contributed by atoms with Crippen LogP contribution in [0.1, 0.15) is 26.7 Å². The summed E-state index contributed by atoms with van der Waals surface area (Å²) in [7, 11) is 0. The van der Waals surface area contributed by atoms with E-state index >= 15 is 0 Å². The van der Waals surface area contributed by atoms with E-state index in [0.717, 1.165) is 6.07 Å². The zero-order chi connectivity index (χ0) is 16.8. The molecule has 2 N–H and O–H groups in total. The Morgan fingerprint density at radius 3 is 2.50 bits per heavy atom. The van der Waals surface area contributed by atoms with Crippen LogP contribution in [-0.2, 0) is 9.59 Å². The molecule has 1 aromatic carbocycles. The van der Waals surface area contributed by atoms with E-state index in [1.54, 1.807) is 13.8 Å². The Morgan fingerprint density at radius 2 is 2.00 bits per heavy atom. The lowest BCUT2D eigenvalue weighted by atomic mass is 9.82. The lowest BCUT2D eigenvalue weighted by Gasteiger charge is -2.26. The van der Waals surface area contributed by atoms with Crippen molar-refractivity contribution in [1.29, 1.82) is 0 Å². The third-order valence-corrected chi connectivity index (χ3v) is 3.98. The summed E-state index contributed by atoms with van der Waals surface area (Å²) in [6.07, 6.45) is 0.821. The molecule has 0 aliphatic rings. The molecule has 122 valence electrons. The van der Waals surface area contributed by atoms with E-state index in [9.17, 15) is 19.1 Å². The van der Waals surface area contributed by atoms with E-state index in [2.05, 4.69) is 5.32 Å². The third-order valence-electron chi connectivity index (χ3n) is 3.69. The summed E-state index contributed by atoms with van der Waals surface area (Å²) in [5.74, 6) is -1.70. The van der Waals surface area contributed by atoms with Crippen LogP contribution in [0, 0.1) is 11.2 Å². The molecule has 1 amide bonds. The molecular weight excluding hydrogens is 313 g/mol. The van der Waals surface area contributed by atoms with Gasteiger partial charge in [0, 0.05) is 12.6 Å². The first-order valence-electron chi connectivity index (χ1n) is 6.92. The standard InChI is InChI=1S/C15H19ClFNO4/c1-3-15(4-2,14(20)21)9-18-13(19)8-22-10-5-6-12(17)11(16)7-10/h5-7H,3-4,8-9H2,1-2H3,(H,18,19)(H,20,21). The number of nitrogens with one attached hydrogen (secondary N) is 1. The summed E-state index contributed by atoms with van der Waals surface area (Å²) in [4.78, 5) is 23.0. The first-order chi connectivity index (χ1) is 10.3. The van der Waals surface area contributed by atoms with Crippen LogP contribution in [0.25, 0.3) is 0 Å². The second-order valence-electron chi connectivity index (χ2n) is 4.93. The Morgan fingerprint density at radius 1 is 1.36 bits per heavy atom. The minimum atomic E-state index is -0.977. The van der Waals surface area contributed by atoms with Crippen molar-refractivity contribution < 1.29 is 23.8 Å². The normalized spacial score (nSPS) is 11.1. The number of benzene rings is 1. The highest BCUT2D eigenvalue weighted by atomic mass is 35.5. The highest BCUT2D eigenvalue weighted by Gasteiger charge is 2.35. The fraction of sp³-hybridized carbons (Fsp3) is 0.467. The number of halogens is 2. The van der Waals surface area contributed by atoms with Gasteiger partial charge >= 0.3 is 5.97 Å². The van der Waals surface area contributed by atoms with Gasteiger partial charge in [-0.2, -0.15) is 0 Å². The van der Waals surface area contributed by atoms with E-state index in [0.29, 0.717) is 12.8 Å². The van der Waals surface area contributed by atoms with Gasteiger partial charge in [-0.1, -0.05) is 25.4 Å². The molecule has 0 fully saturated rings. The van der Waals surface area contributed by atoms with Crippen molar-refractivity contribution >= 4 is 23.5 Å². The van der Waals surface area contributed by atoms with Gasteiger partial charge in [0.25, 0.3) is 5.91 Å². The van der Waals surface area contributed by atoms with Gasteiger partial charge < -0.3 is 15.2 Å². The Bertz CT molecular complexity index is 546.